The highest BCUT2D eigenvalue weighted by molar-refractivity contribution is 9.10. The Morgan fingerprint density at radius 2 is 2.27 bits per heavy atom. The van der Waals surface area contributed by atoms with Crippen molar-refractivity contribution in [1.82, 2.24) is 0 Å². The van der Waals surface area contributed by atoms with Crippen molar-refractivity contribution < 1.29 is 9.53 Å². The zero-order chi connectivity index (χ0) is 10.8. The van der Waals surface area contributed by atoms with E-state index in [9.17, 15) is 4.79 Å². The van der Waals surface area contributed by atoms with Gasteiger partial charge in [-0.2, -0.15) is 0 Å². The van der Waals surface area contributed by atoms with Gasteiger partial charge in [0.2, 0.25) is 0 Å². The predicted octanol–water partition coefficient (Wildman–Crippen LogP) is 2.24. The number of carbonyl (C=O) groups excluding carboxylic acids is 1. The maximum atomic E-state index is 11.2. The van der Waals surface area contributed by atoms with Gasteiger partial charge in [0.25, 0.3) is 0 Å². The molecule has 0 spiro atoms. The number of anilines is 1. The number of Topliss-reactive ketones (excluding diaryl/α,β-unsaturated/α-hetero) is 1. The molecule has 1 aromatic carbocycles. The van der Waals surface area contributed by atoms with Gasteiger partial charge in [-0.3, -0.25) is 4.79 Å². The molecule has 0 unspecified atom stereocenters. The van der Waals surface area contributed by atoms with Gasteiger partial charge in [0.15, 0.2) is 5.78 Å². The summed E-state index contributed by atoms with van der Waals surface area (Å²) in [7, 11) is 1.64. The average Bonchev–Trinajstić information content (AvgIpc) is 2.66. The molecule has 0 amide bonds. The summed E-state index contributed by atoms with van der Waals surface area (Å²) in [5, 5.41) is 0. The van der Waals surface area contributed by atoms with E-state index in [0.29, 0.717) is 18.7 Å². The standard InChI is InChI=1S/C11H12BrNO2/c1-15-11-6-8(2-3-10(11)12)13-5-4-9(14)7-13/h2-3,6H,4-5,7H2,1H3. The third-order valence-electron chi connectivity index (χ3n) is 2.53. The van der Waals surface area contributed by atoms with E-state index < -0.39 is 0 Å². The lowest BCUT2D eigenvalue weighted by Gasteiger charge is -2.17. The van der Waals surface area contributed by atoms with E-state index >= 15 is 0 Å². The molecule has 0 N–H and O–H groups in total. The summed E-state index contributed by atoms with van der Waals surface area (Å²) in [6, 6.07) is 5.88. The van der Waals surface area contributed by atoms with Crippen LogP contribution in [0.25, 0.3) is 0 Å². The van der Waals surface area contributed by atoms with Crippen molar-refractivity contribution in [3.63, 3.8) is 0 Å². The fourth-order valence-electron chi connectivity index (χ4n) is 1.70. The fourth-order valence-corrected chi connectivity index (χ4v) is 2.10. The smallest absolute Gasteiger partial charge is 0.153 e. The highest BCUT2D eigenvalue weighted by atomic mass is 79.9. The Bertz CT molecular complexity index is 392. The number of methoxy groups -OCH3 is 1. The number of hydrogen-bond acceptors (Lipinski definition) is 3. The van der Waals surface area contributed by atoms with Crippen molar-refractivity contribution in [2.24, 2.45) is 0 Å². The molecular weight excluding hydrogens is 258 g/mol. The second-order valence-corrected chi connectivity index (χ2v) is 4.38. The first-order valence-corrected chi connectivity index (χ1v) is 5.60. The largest absolute Gasteiger partial charge is 0.495 e. The Morgan fingerprint density at radius 3 is 2.87 bits per heavy atom. The normalized spacial score (nSPS) is 15.9. The van der Waals surface area contributed by atoms with Gasteiger partial charge < -0.3 is 9.64 Å². The minimum absolute atomic E-state index is 0.303. The summed E-state index contributed by atoms with van der Waals surface area (Å²) in [6.45, 7) is 1.33. The topological polar surface area (TPSA) is 29.5 Å². The summed E-state index contributed by atoms with van der Waals surface area (Å²) < 4.78 is 6.14. The molecule has 1 aromatic rings. The number of halogens is 1. The monoisotopic (exact) mass is 269 g/mol. The zero-order valence-electron chi connectivity index (χ0n) is 8.50. The van der Waals surface area contributed by atoms with Crippen molar-refractivity contribution in [1.29, 1.82) is 0 Å². The van der Waals surface area contributed by atoms with Crippen molar-refractivity contribution in [3.8, 4) is 5.75 Å². The molecule has 4 heteroatoms. The first-order chi connectivity index (χ1) is 7.20. The summed E-state index contributed by atoms with van der Waals surface area (Å²) >= 11 is 3.40. The zero-order valence-corrected chi connectivity index (χ0v) is 10.1. The minimum Gasteiger partial charge on any atom is -0.495 e. The molecule has 80 valence electrons. The number of rotatable bonds is 2. The number of ketones is 1. The van der Waals surface area contributed by atoms with Gasteiger partial charge in [-0.1, -0.05) is 0 Å². The molecule has 1 aliphatic rings. The summed E-state index contributed by atoms with van der Waals surface area (Å²) in [5.74, 6) is 1.10. The molecule has 0 radical (unpaired) electrons. The molecule has 15 heavy (non-hydrogen) atoms. The third kappa shape index (κ3) is 2.15. The summed E-state index contributed by atoms with van der Waals surface area (Å²) in [6.07, 6.45) is 0.651. The van der Waals surface area contributed by atoms with Gasteiger partial charge >= 0.3 is 0 Å². The predicted molar refractivity (Wildman–Crippen MR) is 62.5 cm³/mol. The van der Waals surface area contributed by atoms with E-state index in [-0.39, 0.29) is 0 Å². The molecule has 1 aliphatic heterocycles. The van der Waals surface area contributed by atoms with Crippen LogP contribution < -0.4 is 9.64 Å². The van der Waals surface area contributed by atoms with Gasteiger partial charge in [0, 0.05) is 24.7 Å². The van der Waals surface area contributed by atoms with Gasteiger partial charge in [0.05, 0.1) is 18.1 Å². The average molecular weight is 270 g/mol. The molecule has 1 saturated heterocycles. The van der Waals surface area contributed by atoms with Crippen LogP contribution in [0.4, 0.5) is 5.69 Å². The fraction of sp³-hybridized carbons (Fsp3) is 0.364. The van der Waals surface area contributed by atoms with Crippen molar-refractivity contribution in [2.75, 3.05) is 25.1 Å². The Balaban J connectivity index is 2.25. The summed E-state index contributed by atoms with van der Waals surface area (Å²) in [4.78, 5) is 13.2. The molecule has 2 rings (SSSR count). The van der Waals surface area contributed by atoms with E-state index in [1.165, 1.54) is 0 Å². The third-order valence-corrected chi connectivity index (χ3v) is 3.18. The van der Waals surface area contributed by atoms with Crippen LogP contribution in [0, 0.1) is 0 Å². The van der Waals surface area contributed by atoms with E-state index in [2.05, 4.69) is 20.8 Å². The van der Waals surface area contributed by atoms with E-state index in [0.717, 1.165) is 22.5 Å². The minimum atomic E-state index is 0.303. The Morgan fingerprint density at radius 1 is 1.47 bits per heavy atom. The van der Waals surface area contributed by atoms with Crippen molar-refractivity contribution in [2.45, 2.75) is 6.42 Å². The van der Waals surface area contributed by atoms with Crippen LogP contribution in [0.3, 0.4) is 0 Å². The number of benzene rings is 1. The molecule has 0 saturated carbocycles. The highest BCUT2D eigenvalue weighted by Gasteiger charge is 2.20. The van der Waals surface area contributed by atoms with Crippen molar-refractivity contribution in [3.05, 3.63) is 22.7 Å². The highest BCUT2D eigenvalue weighted by Crippen LogP contribution is 2.30. The molecule has 0 aromatic heterocycles. The van der Waals surface area contributed by atoms with Gasteiger partial charge in [-0.05, 0) is 28.1 Å². The van der Waals surface area contributed by atoms with Gasteiger partial charge in [0.1, 0.15) is 5.75 Å². The van der Waals surface area contributed by atoms with Gasteiger partial charge in [-0.25, -0.2) is 0 Å². The first-order valence-electron chi connectivity index (χ1n) is 4.81. The van der Waals surface area contributed by atoms with E-state index in [1.54, 1.807) is 7.11 Å². The number of carbonyl (C=O) groups is 1. The first kappa shape index (κ1) is 10.5. The Kier molecular flexibility index (Phi) is 2.95. The summed E-state index contributed by atoms with van der Waals surface area (Å²) in [5.41, 5.74) is 1.04. The number of ether oxygens (including phenoxy) is 1. The van der Waals surface area contributed by atoms with Crippen molar-refractivity contribution >= 4 is 27.4 Å². The van der Waals surface area contributed by atoms with Crippen LogP contribution in [0.15, 0.2) is 22.7 Å². The Labute approximate surface area is 97.2 Å². The number of hydrogen-bond donors (Lipinski definition) is 0. The molecule has 0 atom stereocenters. The SMILES string of the molecule is COc1cc(N2CCC(=O)C2)ccc1Br. The van der Waals surface area contributed by atoms with Gasteiger partial charge in [-0.15, -0.1) is 0 Å². The maximum Gasteiger partial charge on any atom is 0.153 e. The molecule has 0 bridgehead atoms. The van der Waals surface area contributed by atoms with Crippen LogP contribution in [0.1, 0.15) is 6.42 Å². The second-order valence-electron chi connectivity index (χ2n) is 3.53. The molecule has 3 nitrogen and oxygen atoms in total. The molecule has 1 fully saturated rings. The van der Waals surface area contributed by atoms with Crippen LogP contribution in [-0.2, 0) is 4.79 Å². The van der Waals surface area contributed by atoms with E-state index in [1.807, 2.05) is 18.2 Å². The van der Waals surface area contributed by atoms with E-state index in [4.69, 9.17) is 4.74 Å². The lowest BCUT2D eigenvalue weighted by Crippen LogP contribution is -2.19. The quantitative estimate of drug-likeness (QED) is 0.825. The van der Waals surface area contributed by atoms with Crippen LogP contribution in [0.5, 0.6) is 5.75 Å². The molecule has 1 heterocycles. The van der Waals surface area contributed by atoms with Crippen LogP contribution >= 0.6 is 15.9 Å². The molecule has 0 aliphatic carbocycles. The lowest BCUT2D eigenvalue weighted by atomic mass is 10.3. The second kappa shape index (κ2) is 4.23. The lowest BCUT2D eigenvalue weighted by molar-refractivity contribution is -0.116. The molecular formula is C11H12BrNO2. The maximum absolute atomic E-state index is 11.2. The van der Waals surface area contributed by atoms with Crippen LogP contribution in [0.2, 0.25) is 0 Å². The Hall–Kier alpha value is -1.03. The number of nitrogens with zero attached hydrogens (tertiary/aromatic N) is 1. The van der Waals surface area contributed by atoms with Crippen LogP contribution in [-0.4, -0.2) is 26.0 Å².